The summed E-state index contributed by atoms with van der Waals surface area (Å²) in [7, 11) is -1.24. The monoisotopic (exact) mass is 196 g/mol. The predicted octanol–water partition coefficient (Wildman–Crippen LogP) is 2.58. The van der Waals surface area contributed by atoms with Crippen molar-refractivity contribution in [3.8, 4) is 11.5 Å². The third-order valence-electron chi connectivity index (χ3n) is 1.43. The number of allylic oxidation sites excluding steroid dienone is 1. The highest BCUT2D eigenvalue weighted by Gasteiger charge is 2.06. The average molecular weight is 196 g/mol. The Morgan fingerprint density at radius 3 is 2.46 bits per heavy atom. The zero-order valence-corrected chi connectivity index (χ0v) is 10.1. The third kappa shape index (κ3) is 9.39. The number of rotatable bonds is 3. The van der Waals surface area contributed by atoms with E-state index in [1.807, 2.05) is 0 Å². The van der Waals surface area contributed by atoms with Crippen molar-refractivity contribution in [1.82, 2.24) is 0 Å². The van der Waals surface area contributed by atoms with Gasteiger partial charge in [0.05, 0.1) is 6.10 Å². The highest BCUT2D eigenvalue weighted by Crippen LogP contribution is 1.98. The molecule has 1 atom stereocenters. The van der Waals surface area contributed by atoms with Crippen LogP contribution in [0.5, 0.6) is 0 Å². The minimum Gasteiger partial charge on any atom is -0.389 e. The Balaban J connectivity index is 3.91. The van der Waals surface area contributed by atoms with Gasteiger partial charge in [-0.3, -0.25) is 0 Å². The van der Waals surface area contributed by atoms with Gasteiger partial charge in [0, 0.05) is 0 Å². The molecule has 0 spiro atoms. The number of hydrogen-bond donors (Lipinski definition) is 1. The van der Waals surface area contributed by atoms with Crippen LogP contribution in [0.2, 0.25) is 19.6 Å². The van der Waals surface area contributed by atoms with E-state index in [0.717, 1.165) is 12.8 Å². The molecule has 13 heavy (non-hydrogen) atoms. The van der Waals surface area contributed by atoms with Crippen LogP contribution in [0.25, 0.3) is 0 Å². The first-order chi connectivity index (χ1) is 5.95. The van der Waals surface area contributed by atoms with Crippen LogP contribution < -0.4 is 0 Å². The van der Waals surface area contributed by atoms with Crippen LogP contribution in [0.4, 0.5) is 0 Å². The van der Waals surface area contributed by atoms with Gasteiger partial charge in [-0.25, -0.2) is 0 Å². The van der Waals surface area contributed by atoms with Crippen LogP contribution in [-0.2, 0) is 0 Å². The second-order valence-electron chi connectivity index (χ2n) is 4.23. The van der Waals surface area contributed by atoms with E-state index in [2.05, 4.69) is 38.0 Å². The molecule has 0 fully saturated rings. The van der Waals surface area contributed by atoms with E-state index in [0.29, 0.717) is 0 Å². The molecule has 0 bridgehead atoms. The molecule has 2 heteroatoms. The van der Waals surface area contributed by atoms with Gasteiger partial charge < -0.3 is 5.11 Å². The van der Waals surface area contributed by atoms with E-state index in [1.54, 1.807) is 12.2 Å². The molecule has 74 valence electrons. The van der Waals surface area contributed by atoms with Gasteiger partial charge >= 0.3 is 0 Å². The van der Waals surface area contributed by atoms with Gasteiger partial charge in [0.15, 0.2) is 0 Å². The van der Waals surface area contributed by atoms with Gasteiger partial charge in [-0.05, 0) is 18.6 Å². The molecule has 0 radical (unpaired) electrons. The maximum Gasteiger partial charge on any atom is 0.129 e. The summed E-state index contributed by atoms with van der Waals surface area (Å²) in [6.45, 7) is 8.67. The Morgan fingerprint density at radius 1 is 1.38 bits per heavy atom. The number of aliphatic hydroxyl groups is 1. The Hall–Kier alpha value is -0.523. The molecule has 0 heterocycles. The fourth-order valence-electron chi connectivity index (χ4n) is 0.809. The smallest absolute Gasteiger partial charge is 0.129 e. The molecule has 0 aromatic carbocycles. The van der Waals surface area contributed by atoms with Crippen LogP contribution in [0.3, 0.4) is 0 Å². The SMILES string of the molecule is CCC[C@@H](O)/C=C/C#C[Si](C)(C)C. The van der Waals surface area contributed by atoms with E-state index < -0.39 is 8.07 Å². The molecule has 1 nitrogen and oxygen atoms in total. The molecular weight excluding hydrogens is 176 g/mol. The van der Waals surface area contributed by atoms with Crippen molar-refractivity contribution in [3.05, 3.63) is 12.2 Å². The molecular formula is C11H20OSi. The summed E-state index contributed by atoms with van der Waals surface area (Å²) < 4.78 is 0. The molecule has 0 aliphatic rings. The lowest BCUT2D eigenvalue weighted by molar-refractivity contribution is 0.211. The lowest BCUT2D eigenvalue weighted by Gasteiger charge is -2.02. The summed E-state index contributed by atoms with van der Waals surface area (Å²) in [4.78, 5) is 0. The maximum absolute atomic E-state index is 9.34. The lowest BCUT2D eigenvalue weighted by Crippen LogP contribution is -2.16. The Labute approximate surface area is 82.9 Å². The quantitative estimate of drug-likeness (QED) is 0.543. The van der Waals surface area contributed by atoms with Crippen molar-refractivity contribution in [1.29, 1.82) is 0 Å². The van der Waals surface area contributed by atoms with Crippen molar-refractivity contribution in [3.63, 3.8) is 0 Å². The van der Waals surface area contributed by atoms with Crippen LogP contribution in [0.15, 0.2) is 12.2 Å². The van der Waals surface area contributed by atoms with Crippen molar-refractivity contribution in [2.24, 2.45) is 0 Å². The summed E-state index contributed by atoms with van der Waals surface area (Å²) in [5.74, 6) is 2.99. The fraction of sp³-hybridized carbons (Fsp3) is 0.636. The first kappa shape index (κ1) is 12.5. The second kappa shape index (κ2) is 6.01. The first-order valence-electron chi connectivity index (χ1n) is 4.83. The summed E-state index contributed by atoms with van der Waals surface area (Å²) in [6, 6.07) is 0. The van der Waals surface area contributed by atoms with Crippen LogP contribution in [0.1, 0.15) is 19.8 Å². The van der Waals surface area contributed by atoms with Crippen molar-refractivity contribution in [2.75, 3.05) is 0 Å². The summed E-state index contributed by atoms with van der Waals surface area (Å²) >= 11 is 0. The number of aliphatic hydroxyl groups excluding tert-OH is 1. The molecule has 0 saturated heterocycles. The zero-order chi connectivity index (χ0) is 10.3. The van der Waals surface area contributed by atoms with E-state index in [4.69, 9.17) is 0 Å². The largest absolute Gasteiger partial charge is 0.389 e. The molecule has 0 saturated carbocycles. The molecule has 0 aliphatic carbocycles. The van der Waals surface area contributed by atoms with Gasteiger partial charge in [0.2, 0.25) is 0 Å². The highest BCUT2D eigenvalue weighted by atomic mass is 28.3. The van der Waals surface area contributed by atoms with Crippen LogP contribution >= 0.6 is 0 Å². The predicted molar refractivity (Wildman–Crippen MR) is 61.2 cm³/mol. The van der Waals surface area contributed by atoms with Gasteiger partial charge in [0.1, 0.15) is 8.07 Å². The molecule has 0 aliphatic heterocycles. The summed E-state index contributed by atoms with van der Waals surface area (Å²) in [5, 5.41) is 9.34. The van der Waals surface area contributed by atoms with E-state index in [-0.39, 0.29) is 6.10 Å². The van der Waals surface area contributed by atoms with Crippen molar-refractivity contribution < 1.29 is 5.11 Å². The van der Waals surface area contributed by atoms with Crippen LogP contribution in [0, 0.1) is 11.5 Å². The molecule has 0 aromatic heterocycles. The maximum atomic E-state index is 9.34. The molecule has 1 N–H and O–H groups in total. The van der Waals surface area contributed by atoms with E-state index in [9.17, 15) is 5.11 Å². The third-order valence-corrected chi connectivity index (χ3v) is 2.33. The van der Waals surface area contributed by atoms with Gasteiger partial charge in [0.25, 0.3) is 0 Å². The molecule has 0 unspecified atom stereocenters. The first-order valence-corrected chi connectivity index (χ1v) is 8.33. The second-order valence-corrected chi connectivity index (χ2v) is 8.98. The Kier molecular flexibility index (Phi) is 5.77. The summed E-state index contributed by atoms with van der Waals surface area (Å²) in [5.41, 5.74) is 3.21. The molecule has 0 amide bonds. The van der Waals surface area contributed by atoms with Gasteiger partial charge in [-0.1, -0.05) is 38.9 Å². The minimum absolute atomic E-state index is 0.319. The molecule has 0 aromatic rings. The number of hydrogen-bond acceptors (Lipinski definition) is 1. The van der Waals surface area contributed by atoms with Crippen LogP contribution in [-0.4, -0.2) is 19.3 Å². The van der Waals surface area contributed by atoms with Crippen molar-refractivity contribution in [2.45, 2.75) is 45.5 Å². The Morgan fingerprint density at radius 2 is 2.00 bits per heavy atom. The topological polar surface area (TPSA) is 20.2 Å². The van der Waals surface area contributed by atoms with E-state index >= 15 is 0 Å². The van der Waals surface area contributed by atoms with Gasteiger partial charge in [-0.15, -0.1) is 5.54 Å². The molecule has 0 rings (SSSR count). The zero-order valence-electron chi connectivity index (χ0n) is 9.09. The average Bonchev–Trinajstić information content (AvgIpc) is 1.97. The highest BCUT2D eigenvalue weighted by molar-refractivity contribution is 6.83. The fourth-order valence-corrected chi connectivity index (χ4v) is 1.33. The van der Waals surface area contributed by atoms with Gasteiger partial charge in [-0.2, -0.15) is 0 Å². The van der Waals surface area contributed by atoms with E-state index in [1.165, 1.54) is 0 Å². The van der Waals surface area contributed by atoms with Crippen molar-refractivity contribution >= 4 is 8.07 Å². The Bertz CT molecular complexity index is 214. The lowest BCUT2D eigenvalue weighted by atomic mass is 10.2. The normalized spacial score (nSPS) is 13.9. The summed E-state index contributed by atoms with van der Waals surface area (Å²) in [6.07, 6.45) is 5.06. The minimum atomic E-state index is -1.24. The standard InChI is InChI=1S/C11H20OSi/c1-5-8-11(12)9-6-7-10-13(2,3)4/h6,9,11-12H,5,8H2,1-4H3/b9-6+/t11-/m1/s1.